The zero-order valence-electron chi connectivity index (χ0n) is 16.7. The van der Waals surface area contributed by atoms with E-state index in [2.05, 4.69) is 30.3 Å². The highest BCUT2D eigenvalue weighted by molar-refractivity contribution is 6.30. The molecule has 0 fully saturated rings. The molecule has 0 saturated heterocycles. The standard InChI is InChI=1S/C23H22ClNO2.CH4.2H2O/c1-16-6-4-5-7-20(16)15-27-22-13-10-19(14-17(22)2)23(25-26-3)18-8-11-21(24)12-9-18;;;/h4-14H,15H2,1-3H3;1H4;2*1H2. The molecule has 0 aliphatic carbocycles. The molecule has 3 rings (SSSR count). The molecule has 6 heteroatoms. The minimum Gasteiger partial charge on any atom is -0.489 e. The van der Waals surface area contributed by atoms with Gasteiger partial charge in [0.05, 0.1) is 0 Å². The van der Waals surface area contributed by atoms with Crippen molar-refractivity contribution in [2.24, 2.45) is 5.16 Å². The van der Waals surface area contributed by atoms with Gasteiger partial charge in [-0.3, -0.25) is 0 Å². The Bertz CT molecular complexity index is 956. The summed E-state index contributed by atoms with van der Waals surface area (Å²) in [6.45, 7) is 4.67. The Morgan fingerprint density at radius 3 is 2.10 bits per heavy atom. The fraction of sp³-hybridized carbons (Fsp3) is 0.208. The molecule has 0 bridgehead atoms. The first-order valence-electron chi connectivity index (χ1n) is 8.74. The smallest absolute Gasteiger partial charge is 0.122 e. The molecule has 0 aromatic heterocycles. The van der Waals surface area contributed by atoms with Crippen molar-refractivity contribution < 1.29 is 20.5 Å². The Kier molecular flexibility index (Phi) is 11.4. The number of hydrogen-bond donors (Lipinski definition) is 0. The van der Waals surface area contributed by atoms with Crippen LogP contribution in [0, 0.1) is 13.8 Å². The van der Waals surface area contributed by atoms with E-state index in [-0.39, 0.29) is 18.4 Å². The van der Waals surface area contributed by atoms with Crippen molar-refractivity contribution in [2.45, 2.75) is 27.9 Å². The fourth-order valence-electron chi connectivity index (χ4n) is 2.86. The summed E-state index contributed by atoms with van der Waals surface area (Å²) < 4.78 is 6.03. The van der Waals surface area contributed by atoms with Gasteiger partial charge in [-0.15, -0.1) is 0 Å². The molecular weight excluding hydrogens is 402 g/mol. The van der Waals surface area contributed by atoms with Gasteiger partial charge in [0.15, 0.2) is 0 Å². The van der Waals surface area contributed by atoms with E-state index in [1.54, 1.807) is 7.11 Å². The summed E-state index contributed by atoms with van der Waals surface area (Å²) in [4.78, 5) is 5.06. The first kappa shape index (κ1) is 27.1. The lowest BCUT2D eigenvalue weighted by Crippen LogP contribution is -2.05. The van der Waals surface area contributed by atoms with Crippen molar-refractivity contribution >= 4 is 17.3 Å². The molecule has 0 amide bonds. The van der Waals surface area contributed by atoms with Crippen LogP contribution in [0.1, 0.15) is 35.2 Å². The Balaban J connectivity index is 0.00000280. The molecule has 0 aliphatic rings. The average Bonchev–Trinajstić information content (AvgIpc) is 2.67. The number of rotatable bonds is 6. The third-order valence-corrected chi connectivity index (χ3v) is 4.65. The maximum atomic E-state index is 6.03. The minimum absolute atomic E-state index is 0. The predicted octanol–water partition coefficient (Wildman–Crippen LogP) is 4.92. The maximum Gasteiger partial charge on any atom is 0.122 e. The first-order valence-corrected chi connectivity index (χ1v) is 9.11. The number of halogens is 1. The van der Waals surface area contributed by atoms with Crippen LogP contribution in [0.3, 0.4) is 0 Å². The van der Waals surface area contributed by atoms with Gasteiger partial charge in [-0.2, -0.15) is 0 Å². The van der Waals surface area contributed by atoms with Crippen LogP contribution in [0.2, 0.25) is 5.02 Å². The van der Waals surface area contributed by atoms with Crippen LogP contribution < -0.4 is 4.74 Å². The van der Waals surface area contributed by atoms with Gasteiger partial charge in [0.25, 0.3) is 0 Å². The average molecular weight is 432 g/mol. The molecule has 0 unspecified atom stereocenters. The summed E-state index contributed by atoms with van der Waals surface area (Å²) in [5.74, 6) is 0.856. The molecule has 5 nitrogen and oxygen atoms in total. The lowest BCUT2D eigenvalue weighted by Gasteiger charge is -2.13. The van der Waals surface area contributed by atoms with Crippen molar-refractivity contribution in [3.63, 3.8) is 0 Å². The van der Waals surface area contributed by atoms with Crippen LogP contribution in [-0.2, 0) is 11.4 Å². The predicted molar refractivity (Wildman–Crippen MR) is 125 cm³/mol. The van der Waals surface area contributed by atoms with Gasteiger partial charge in [-0.05, 0) is 60.9 Å². The van der Waals surface area contributed by atoms with Crippen molar-refractivity contribution in [1.82, 2.24) is 0 Å². The number of benzene rings is 3. The topological polar surface area (TPSA) is 93.8 Å². The minimum atomic E-state index is 0. The number of aryl methyl sites for hydroxylation is 2. The van der Waals surface area contributed by atoms with Gasteiger partial charge < -0.3 is 20.5 Å². The zero-order chi connectivity index (χ0) is 19.2. The Morgan fingerprint density at radius 2 is 1.50 bits per heavy atom. The zero-order valence-corrected chi connectivity index (χ0v) is 17.5. The Hall–Kier alpha value is -2.86. The molecule has 0 spiro atoms. The lowest BCUT2D eigenvalue weighted by molar-refractivity contribution is 0.214. The van der Waals surface area contributed by atoms with Crippen molar-refractivity contribution in [3.05, 3.63) is 99.6 Å². The summed E-state index contributed by atoms with van der Waals surface area (Å²) in [7, 11) is 1.54. The van der Waals surface area contributed by atoms with Gasteiger partial charge in [0, 0.05) is 16.1 Å². The van der Waals surface area contributed by atoms with E-state index < -0.39 is 0 Å². The van der Waals surface area contributed by atoms with Crippen LogP contribution >= 0.6 is 11.6 Å². The van der Waals surface area contributed by atoms with E-state index in [1.807, 2.05) is 55.5 Å². The van der Waals surface area contributed by atoms with Gasteiger partial charge in [-0.1, -0.05) is 60.6 Å². The molecule has 0 radical (unpaired) electrons. The Morgan fingerprint density at radius 1 is 0.867 bits per heavy atom. The number of oxime groups is 1. The molecule has 0 aliphatic heterocycles. The molecule has 162 valence electrons. The van der Waals surface area contributed by atoms with Crippen molar-refractivity contribution in [3.8, 4) is 5.75 Å². The Labute approximate surface area is 183 Å². The van der Waals surface area contributed by atoms with Crippen LogP contribution in [-0.4, -0.2) is 23.8 Å². The van der Waals surface area contributed by atoms with Gasteiger partial charge >= 0.3 is 0 Å². The second-order valence-electron chi connectivity index (χ2n) is 6.32. The summed E-state index contributed by atoms with van der Waals surface area (Å²) in [6.07, 6.45) is 0. The van der Waals surface area contributed by atoms with Crippen LogP contribution in [0.25, 0.3) is 0 Å². The highest BCUT2D eigenvalue weighted by Crippen LogP contribution is 2.23. The maximum absolute atomic E-state index is 6.03. The first-order chi connectivity index (χ1) is 13.1. The van der Waals surface area contributed by atoms with E-state index in [4.69, 9.17) is 21.2 Å². The van der Waals surface area contributed by atoms with Gasteiger partial charge in [0.1, 0.15) is 25.2 Å². The molecule has 4 N–H and O–H groups in total. The van der Waals surface area contributed by atoms with E-state index in [1.165, 1.54) is 11.1 Å². The van der Waals surface area contributed by atoms with E-state index in [0.717, 1.165) is 28.2 Å². The highest BCUT2D eigenvalue weighted by atomic mass is 35.5. The summed E-state index contributed by atoms with van der Waals surface area (Å²) in [5.41, 5.74) is 6.10. The summed E-state index contributed by atoms with van der Waals surface area (Å²) in [5, 5.41) is 4.89. The van der Waals surface area contributed by atoms with Crippen molar-refractivity contribution in [2.75, 3.05) is 7.11 Å². The molecule has 30 heavy (non-hydrogen) atoms. The van der Waals surface area contributed by atoms with E-state index in [0.29, 0.717) is 11.6 Å². The number of ether oxygens (including phenoxy) is 1. The molecular formula is C24H30ClNO4. The second-order valence-corrected chi connectivity index (χ2v) is 6.76. The normalized spacial score (nSPS) is 10.2. The molecule has 3 aromatic rings. The van der Waals surface area contributed by atoms with E-state index >= 15 is 0 Å². The number of hydrogen-bond acceptors (Lipinski definition) is 3. The second kappa shape index (κ2) is 12.6. The fourth-order valence-corrected chi connectivity index (χ4v) is 2.98. The third kappa shape index (κ3) is 6.59. The third-order valence-electron chi connectivity index (χ3n) is 4.39. The molecule has 0 heterocycles. The van der Waals surface area contributed by atoms with E-state index in [9.17, 15) is 0 Å². The summed E-state index contributed by atoms with van der Waals surface area (Å²) >= 11 is 5.99. The number of nitrogens with zero attached hydrogens (tertiary/aromatic N) is 1. The largest absolute Gasteiger partial charge is 0.489 e. The van der Waals surface area contributed by atoms with Crippen LogP contribution in [0.15, 0.2) is 71.9 Å². The quantitative estimate of drug-likeness (QED) is 0.409. The molecule has 3 aromatic carbocycles. The lowest BCUT2D eigenvalue weighted by atomic mass is 10.0. The van der Waals surface area contributed by atoms with Gasteiger partial charge in [0.2, 0.25) is 0 Å². The van der Waals surface area contributed by atoms with Crippen LogP contribution in [0.4, 0.5) is 0 Å². The monoisotopic (exact) mass is 431 g/mol. The summed E-state index contributed by atoms with van der Waals surface area (Å²) in [6, 6.07) is 21.8. The highest BCUT2D eigenvalue weighted by Gasteiger charge is 2.11. The van der Waals surface area contributed by atoms with Crippen molar-refractivity contribution in [1.29, 1.82) is 0 Å². The van der Waals surface area contributed by atoms with Crippen LogP contribution in [0.5, 0.6) is 5.75 Å². The molecule has 0 saturated carbocycles. The molecule has 0 atom stereocenters. The SMILES string of the molecule is C.CON=C(c1ccc(Cl)cc1)c1ccc(OCc2ccccc2C)c(C)c1.O.O. The van der Waals surface area contributed by atoms with Gasteiger partial charge in [-0.25, -0.2) is 0 Å².